The van der Waals surface area contributed by atoms with Gasteiger partial charge in [-0.15, -0.1) is 0 Å². The molecule has 0 bridgehead atoms. The number of likely N-dealkylation sites (tertiary alicyclic amines) is 1. The first-order valence-corrected chi connectivity index (χ1v) is 7.39. The fraction of sp³-hybridized carbons (Fsp3) is 0.500. The number of Topliss-reactive ketones (excluding diaryl/α,β-unsaturated/α-hetero) is 1. The maximum absolute atomic E-state index is 12.9. The van der Waals surface area contributed by atoms with Gasteiger partial charge in [0, 0.05) is 24.7 Å². The van der Waals surface area contributed by atoms with Gasteiger partial charge < -0.3 is 10.2 Å². The number of anilines is 1. The number of benzene rings is 1. The van der Waals surface area contributed by atoms with Crippen molar-refractivity contribution in [2.24, 2.45) is 0 Å². The molecule has 2 rings (SSSR count). The number of urea groups is 1. The van der Waals surface area contributed by atoms with Crippen molar-refractivity contribution in [2.75, 3.05) is 11.9 Å². The lowest BCUT2D eigenvalue weighted by Gasteiger charge is -2.29. The number of halogens is 1. The fourth-order valence-corrected chi connectivity index (χ4v) is 2.72. The van der Waals surface area contributed by atoms with Gasteiger partial charge in [-0.05, 0) is 44.0 Å². The quantitative estimate of drug-likeness (QED) is 0.925. The van der Waals surface area contributed by atoms with Gasteiger partial charge in [-0.2, -0.15) is 0 Å². The highest BCUT2D eigenvalue weighted by molar-refractivity contribution is 5.90. The molecule has 1 atom stereocenters. The second kappa shape index (κ2) is 7.20. The average Bonchev–Trinajstić information content (AvgIpc) is 2.66. The molecule has 0 aromatic heterocycles. The minimum atomic E-state index is -0.336. The number of nitrogens with zero attached hydrogens (tertiary/aromatic N) is 1. The zero-order valence-corrected chi connectivity index (χ0v) is 12.3. The predicted octanol–water partition coefficient (Wildman–Crippen LogP) is 3.58. The third kappa shape index (κ3) is 4.55. The summed E-state index contributed by atoms with van der Waals surface area (Å²) >= 11 is 0. The van der Waals surface area contributed by atoms with Crippen LogP contribution >= 0.6 is 0 Å². The van der Waals surface area contributed by atoms with Crippen LogP contribution in [0.4, 0.5) is 14.9 Å². The summed E-state index contributed by atoms with van der Waals surface area (Å²) in [5, 5.41) is 2.78. The molecule has 114 valence electrons. The lowest BCUT2D eigenvalue weighted by molar-refractivity contribution is -0.117. The van der Waals surface area contributed by atoms with Gasteiger partial charge in [0.05, 0.1) is 0 Å². The van der Waals surface area contributed by atoms with E-state index >= 15 is 0 Å². The second-order valence-electron chi connectivity index (χ2n) is 5.54. The van der Waals surface area contributed by atoms with Crippen LogP contribution in [0.1, 0.15) is 39.0 Å². The summed E-state index contributed by atoms with van der Waals surface area (Å²) in [5.74, 6) is -0.237. The van der Waals surface area contributed by atoms with E-state index in [2.05, 4.69) is 5.32 Å². The Kier molecular flexibility index (Phi) is 5.31. The topological polar surface area (TPSA) is 49.4 Å². The van der Waals surface area contributed by atoms with Crippen LogP contribution < -0.4 is 5.32 Å². The highest BCUT2D eigenvalue weighted by Gasteiger charge is 2.26. The van der Waals surface area contributed by atoms with E-state index in [9.17, 15) is 14.0 Å². The normalized spacial score (nSPS) is 19.0. The number of hydrogen-bond acceptors (Lipinski definition) is 2. The van der Waals surface area contributed by atoms with E-state index in [-0.39, 0.29) is 23.7 Å². The standard InChI is InChI=1S/C16H21FN2O2/c1-12(20)11-15-5-3-2-4-10-19(15)16(21)18-14-8-6-13(17)7-9-14/h6-9,15H,2-5,10-11H2,1H3,(H,18,21). The molecule has 0 radical (unpaired) electrons. The van der Waals surface area contributed by atoms with Crippen molar-refractivity contribution in [3.63, 3.8) is 0 Å². The lowest BCUT2D eigenvalue weighted by Crippen LogP contribution is -2.43. The highest BCUT2D eigenvalue weighted by Crippen LogP contribution is 2.21. The van der Waals surface area contributed by atoms with E-state index in [0.29, 0.717) is 18.7 Å². The number of rotatable bonds is 3. The Hall–Kier alpha value is -1.91. The molecule has 1 aromatic carbocycles. The second-order valence-corrected chi connectivity index (χ2v) is 5.54. The van der Waals surface area contributed by atoms with E-state index in [1.165, 1.54) is 24.3 Å². The van der Waals surface area contributed by atoms with Gasteiger partial charge in [-0.25, -0.2) is 9.18 Å². The fourth-order valence-electron chi connectivity index (χ4n) is 2.72. The first kappa shape index (κ1) is 15.5. The van der Waals surface area contributed by atoms with E-state index in [0.717, 1.165) is 25.7 Å². The summed E-state index contributed by atoms with van der Waals surface area (Å²) < 4.78 is 12.9. The zero-order chi connectivity index (χ0) is 15.2. The van der Waals surface area contributed by atoms with Gasteiger partial charge in [0.2, 0.25) is 0 Å². The maximum Gasteiger partial charge on any atom is 0.322 e. The molecule has 1 heterocycles. The number of ketones is 1. The highest BCUT2D eigenvalue weighted by atomic mass is 19.1. The lowest BCUT2D eigenvalue weighted by atomic mass is 10.0. The first-order chi connectivity index (χ1) is 10.1. The van der Waals surface area contributed by atoms with E-state index in [1.807, 2.05) is 0 Å². The van der Waals surface area contributed by atoms with Crippen molar-refractivity contribution in [3.05, 3.63) is 30.1 Å². The summed E-state index contributed by atoms with van der Waals surface area (Å²) in [6, 6.07) is 5.44. The van der Waals surface area contributed by atoms with Gasteiger partial charge >= 0.3 is 6.03 Å². The van der Waals surface area contributed by atoms with Crippen LogP contribution in [0, 0.1) is 5.82 Å². The molecular formula is C16H21FN2O2. The van der Waals surface area contributed by atoms with Gasteiger partial charge in [-0.3, -0.25) is 4.79 Å². The molecule has 5 heteroatoms. The molecule has 0 spiro atoms. The van der Waals surface area contributed by atoms with Crippen LogP contribution in [0.2, 0.25) is 0 Å². The molecule has 21 heavy (non-hydrogen) atoms. The minimum absolute atomic E-state index is 0.0366. The van der Waals surface area contributed by atoms with Crippen LogP contribution in [-0.4, -0.2) is 29.3 Å². The van der Waals surface area contributed by atoms with Crippen molar-refractivity contribution in [2.45, 2.75) is 45.1 Å². The van der Waals surface area contributed by atoms with Crippen LogP contribution in [0.25, 0.3) is 0 Å². The van der Waals surface area contributed by atoms with Crippen LogP contribution in [0.5, 0.6) is 0 Å². The minimum Gasteiger partial charge on any atom is -0.321 e. The number of carbonyl (C=O) groups excluding carboxylic acids is 2. The molecule has 1 aromatic rings. The summed E-state index contributed by atoms with van der Waals surface area (Å²) in [7, 11) is 0. The molecule has 2 amide bonds. The molecule has 1 saturated heterocycles. The van der Waals surface area contributed by atoms with Crippen molar-refractivity contribution in [1.82, 2.24) is 4.90 Å². The van der Waals surface area contributed by atoms with Gasteiger partial charge in [-0.1, -0.05) is 12.8 Å². The third-order valence-electron chi connectivity index (χ3n) is 3.76. The number of nitrogens with one attached hydrogen (secondary N) is 1. The monoisotopic (exact) mass is 292 g/mol. The molecule has 1 N–H and O–H groups in total. The SMILES string of the molecule is CC(=O)CC1CCCCCN1C(=O)Nc1ccc(F)cc1. The van der Waals surface area contributed by atoms with E-state index in [1.54, 1.807) is 11.8 Å². The van der Waals surface area contributed by atoms with Crippen molar-refractivity contribution >= 4 is 17.5 Å². The molecule has 1 aliphatic heterocycles. The van der Waals surface area contributed by atoms with Crippen molar-refractivity contribution < 1.29 is 14.0 Å². The third-order valence-corrected chi connectivity index (χ3v) is 3.76. The van der Waals surface area contributed by atoms with Crippen LogP contribution in [0.15, 0.2) is 24.3 Å². The molecule has 0 aliphatic carbocycles. The molecule has 1 fully saturated rings. The Balaban J connectivity index is 2.06. The molecule has 0 saturated carbocycles. The Bertz CT molecular complexity index is 502. The largest absolute Gasteiger partial charge is 0.322 e. The van der Waals surface area contributed by atoms with Crippen LogP contribution in [-0.2, 0) is 4.79 Å². The summed E-state index contributed by atoms with van der Waals surface area (Å²) in [6.45, 7) is 2.21. The predicted molar refractivity (Wildman–Crippen MR) is 79.7 cm³/mol. The Morgan fingerprint density at radius 1 is 1.24 bits per heavy atom. The molecule has 1 aliphatic rings. The number of carbonyl (C=O) groups is 2. The Morgan fingerprint density at radius 2 is 1.95 bits per heavy atom. The summed E-state index contributed by atoms with van der Waals surface area (Å²) in [6.07, 6.45) is 4.32. The van der Waals surface area contributed by atoms with Gasteiger partial charge in [0.15, 0.2) is 0 Å². The van der Waals surface area contributed by atoms with Crippen molar-refractivity contribution in [1.29, 1.82) is 0 Å². The molecule has 4 nitrogen and oxygen atoms in total. The van der Waals surface area contributed by atoms with Crippen LogP contribution in [0.3, 0.4) is 0 Å². The molecule has 1 unspecified atom stereocenters. The van der Waals surface area contributed by atoms with E-state index < -0.39 is 0 Å². The average molecular weight is 292 g/mol. The van der Waals surface area contributed by atoms with Gasteiger partial charge in [0.1, 0.15) is 11.6 Å². The summed E-state index contributed by atoms with van der Waals surface area (Å²) in [5.41, 5.74) is 0.562. The Labute approximate surface area is 124 Å². The van der Waals surface area contributed by atoms with Gasteiger partial charge in [0.25, 0.3) is 0 Å². The number of hydrogen-bond donors (Lipinski definition) is 1. The zero-order valence-electron chi connectivity index (χ0n) is 12.3. The Morgan fingerprint density at radius 3 is 2.62 bits per heavy atom. The number of amides is 2. The first-order valence-electron chi connectivity index (χ1n) is 7.39. The maximum atomic E-state index is 12.9. The molecular weight excluding hydrogens is 271 g/mol. The van der Waals surface area contributed by atoms with Crippen molar-refractivity contribution in [3.8, 4) is 0 Å². The summed E-state index contributed by atoms with van der Waals surface area (Å²) in [4.78, 5) is 25.5. The van der Waals surface area contributed by atoms with E-state index in [4.69, 9.17) is 0 Å². The smallest absolute Gasteiger partial charge is 0.321 e.